The lowest BCUT2D eigenvalue weighted by Crippen LogP contribution is -2.31. The molecule has 0 aliphatic carbocycles. The lowest BCUT2D eigenvalue weighted by molar-refractivity contribution is 0.0533. The van der Waals surface area contributed by atoms with Gasteiger partial charge >= 0.3 is 0 Å². The van der Waals surface area contributed by atoms with Gasteiger partial charge in [-0.3, -0.25) is 0 Å². The predicted molar refractivity (Wildman–Crippen MR) is 128 cm³/mol. The van der Waals surface area contributed by atoms with Gasteiger partial charge in [-0.25, -0.2) is 0 Å². The molecule has 0 bridgehead atoms. The van der Waals surface area contributed by atoms with Gasteiger partial charge in [0.25, 0.3) is 0 Å². The third-order valence-corrected chi connectivity index (χ3v) is 5.15. The molecular weight excluding hydrogens is 392 g/mol. The fourth-order valence-electron chi connectivity index (χ4n) is 3.34. The van der Waals surface area contributed by atoms with Gasteiger partial charge in [0.1, 0.15) is 5.82 Å². The average molecular weight is 439 g/mol. The second-order valence-electron chi connectivity index (χ2n) is 7.99. The van der Waals surface area contributed by atoms with E-state index < -0.39 is 0 Å². The van der Waals surface area contributed by atoms with Gasteiger partial charge in [0.2, 0.25) is 11.9 Å². The van der Waals surface area contributed by atoms with Crippen molar-refractivity contribution in [3.05, 3.63) is 5.82 Å². The van der Waals surface area contributed by atoms with Crippen molar-refractivity contribution in [3.63, 3.8) is 0 Å². The van der Waals surface area contributed by atoms with Gasteiger partial charge in [-0.2, -0.15) is 15.0 Å². The monoisotopic (exact) mass is 438 g/mol. The summed E-state index contributed by atoms with van der Waals surface area (Å²) < 4.78 is 11.0. The number of nitrogens with two attached hydrogens (primary N) is 2. The summed E-state index contributed by atoms with van der Waals surface area (Å²) in [7, 11) is 0. The highest BCUT2D eigenvalue weighted by Crippen LogP contribution is 2.14. The molecule has 0 spiro atoms. The van der Waals surface area contributed by atoms with Crippen LogP contribution >= 0.6 is 0 Å². The molecule has 1 aromatic rings. The van der Waals surface area contributed by atoms with Crippen LogP contribution in [0.15, 0.2) is 0 Å². The van der Waals surface area contributed by atoms with Crippen molar-refractivity contribution in [1.82, 2.24) is 15.0 Å². The van der Waals surface area contributed by atoms with E-state index in [1.165, 1.54) is 44.9 Å². The van der Waals surface area contributed by atoms with Crippen molar-refractivity contribution in [1.29, 1.82) is 0 Å². The van der Waals surface area contributed by atoms with E-state index >= 15 is 0 Å². The SMILES string of the molecule is CCCCCCCCCCc1nc(N)nc(N(CCCC)CCOCCOCCN)n1. The molecular formula is C23H46N6O2. The third-order valence-electron chi connectivity index (χ3n) is 5.15. The van der Waals surface area contributed by atoms with Gasteiger partial charge < -0.3 is 25.8 Å². The Balaban J connectivity index is 2.46. The predicted octanol–water partition coefficient (Wildman–Crippen LogP) is 3.74. The molecule has 0 saturated carbocycles. The first-order chi connectivity index (χ1) is 15.2. The van der Waals surface area contributed by atoms with Crippen molar-refractivity contribution >= 4 is 11.9 Å². The Labute approximate surface area is 189 Å². The van der Waals surface area contributed by atoms with E-state index in [4.69, 9.17) is 25.9 Å². The van der Waals surface area contributed by atoms with Crippen LogP contribution in [0.3, 0.4) is 0 Å². The largest absolute Gasteiger partial charge is 0.378 e. The highest BCUT2D eigenvalue weighted by atomic mass is 16.5. The smallest absolute Gasteiger partial charge is 0.230 e. The lowest BCUT2D eigenvalue weighted by Gasteiger charge is -2.23. The molecule has 0 saturated heterocycles. The minimum Gasteiger partial charge on any atom is -0.378 e. The number of rotatable bonds is 21. The maximum Gasteiger partial charge on any atom is 0.230 e. The van der Waals surface area contributed by atoms with Crippen LogP contribution in [0, 0.1) is 0 Å². The van der Waals surface area contributed by atoms with Crippen molar-refractivity contribution in [3.8, 4) is 0 Å². The van der Waals surface area contributed by atoms with Crippen LogP contribution < -0.4 is 16.4 Å². The fraction of sp³-hybridized carbons (Fsp3) is 0.870. The molecule has 0 fully saturated rings. The summed E-state index contributed by atoms with van der Waals surface area (Å²) in [6, 6.07) is 0. The van der Waals surface area contributed by atoms with E-state index in [-0.39, 0.29) is 0 Å². The van der Waals surface area contributed by atoms with Crippen LogP contribution in [0.25, 0.3) is 0 Å². The molecule has 1 heterocycles. The zero-order chi connectivity index (χ0) is 22.6. The highest BCUT2D eigenvalue weighted by Gasteiger charge is 2.12. The summed E-state index contributed by atoms with van der Waals surface area (Å²) in [6.45, 7) is 8.85. The van der Waals surface area contributed by atoms with Crippen LogP contribution in [0.2, 0.25) is 0 Å². The summed E-state index contributed by atoms with van der Waals surface area (Å²) in [5, 5.41) is 0. The molecule has 8 heteroatoms. The van der Waals surface area contributed by atoms with Crippen molar-refractivity contribution < 1.29 is 9.47 Å². The molecule has 180 valence electrons. The molecule has 0 amide bonds. The fourth-order valence-corrected chi connectivity index (χ4v) is 3.34. The summed E-state index contributed by atoms with van der Waals surface area (Å²) in [5.41, 5.74) is 11.4. The quantitative estimate of drug-likeness (QED) is 0.279. The summed E-state index contributed by atoms with van der Waals surface area (Å²) in [6.07, 6.45) is 13.3. The minimum absolute atomic E-state index is 0.303. The van der Waals surface area contributed by atoms with Gasteiger partial charge in [-0.1, -0.05) is 65.2 Å². The van der Waals surface area contributed by atoms with Gasteiger partial charge in [-0.05, 0) is 12.8 Å². The molecule has 0 aliphatic heterocycles. The Morgan fingerprint density at radius 3 is 2.03 bits per heavy atom. The number of nitrogens with zero attached hydrogens (tertiary/aromatic N) is 4. The molecule has 0 aromatic carbocycles. The number of aryl methyl sites for hydroxylation is 1. The first kappa shape index (κ1) is 27.5. The molecule has 0 atom stereocenters. The standard InChI is InChI=1S/C23H46N6O2/c1-3-5-7-8-9-10-11-12-13-21-26-22(25)28-23(27-21)29(15-6-4-2)16-18-31-20-19-30-17-14-24/h3-20,24H2,1-2H3,(H2,25,26,27,28). The van der Waals surface area contributed by atoms with E-state index in [1.54, 1.807) is 0 Å². The molecule has 4 N–H and O–H groups in total. The van der Waals surface area contributed by atoms with E-state index in [0.717, 1.165) is 44.6 Å². The summed E-state index contributed by atoms with van der Waals surface area (Å²) in [5.74, 6) is 1.77. The number of hydrogen-bond acceptors (Lipinski definition) is 8. The minimum atomic E-state index is 0.303. The Hall–Kier alpha value is -1.51. The topological polar surface area (TPSA) is 112 Å². The normalized spacial score (nSPS) is 11.2. The average Bonchev–Trinajstić information content (AvgIpc) is 2.76. The molecule has 31 heavy (non-hydrogen) atoms. The summed E-state index contributed by atoms with van der Waals surface area (Å²) >= 11 is 0. The number of anilines is 2. The van der Waals surface area contributed by atoms with Crippen molar-refractivity contribution in [2.45, 2.75) is 84.5 Å². The Morgan fingerprint density at radius 1 is 0.710 bits per heavy atom. The van der Waals surface area contributed by atoms with E-state index in [1.807, 2.05) is 0 Å². The summed E-state index contributed by atoms with van der Waals surface area (Å²) in [4.78, 5) is 15.6. The number of hydrogen-bond donors (Lipinski definition) is 2. The number of ether oxygens (including phenoxy) is 2. The lowest BCUT2D eigenvalue weighted by atomic mass is 10.1. The van der Waals surface area contributed by atoms with Gasteiger partial charge in [0, 0.05) is 26.1 Å². The van der Waals surface area contributed by atoms with Crippen LogP contribution in [0.4, 0.5) is 11.9 Å². The Bertz CT molecular complexity index is 547. The third kappa shape index (κ3) is 14.2. The van der Waals surface area contributed by atoms with E-state index in [2.05, 4.69) is 28.7 Å². The maximum absolute atomic E-state index is 6.00. The molecule has 1 rings (SSSR count). The van der Waals surface area contributed by atoms with E-state index in [0.29, 0.717) is 44.9 Å². The number of nitrogen functional groups attached to an aromatic ring is 1. The zero-order valence-electron chi connectivity index (χ0n) is 20.0. The van der Waals surface area contributed by atoms with E-state index in [9.17, 15) is 0 Å². The van der Waals surface area contributed by atoms with Gasteiger partial charge in [0.05, 0.1) is 26.4 Å². The number of unbranched alkanes of at least 4 members (excludes halogenated alkanes) is 8. The molecule has 1 aromatic heterocycles. The molecule has 0 unspecified atom stereocenters. The molecule has 0 aliphatic rings. The molecule has 0 radical (unpaired) electrons. The Kier molecular flexibility index (Phi) is 17.0. The van der Waals surface area contributed by atoms with Crippen LogP contribution in [0.1, 0.15) is 83.9 Å². The molecule has 8 nitrogen and oxygen atoms in total. The first-order valence-electron chi connectivity index (χ1n) is 12.3. The van der Waals surface area contributed by atoms with Crippen LogP contribution in [0.5, 0.6) is 0 Å². The van der Waals surface area contributed by atoms with Gasteiger partial charge in [0.15, 0.2) is 0 Å². The van der Waals surface area contributed by atoms with Crippen LogP contribution in [-0.4, -0.2) is 61.0 Å². The highest BCUT2D eigenvalue weighted by molar-refractivity contribution is 5.34. The Morgan fingerprint density at radius 2 is 1.35 bits per heavy atom. The van der Waals surface area contributed by atoms with Gasteiger partial charge in [-0.15, -0.1) is 0 Å². The number of aromatic nitrogens is 3. The maximum atomic E-state index is 6.00. The van der Waals surface area contributed by atoms with Crippen molar-refractivity contribution in [2.75, 3.05) is 56.7 Å². The second-order valence-corrected chi connectivity index (χ2v) is 7.99. The zero-order valence-corrected chi connectivity index (χ0v) is 20.0. The van der Waals surface area contributed by atoms with Crippen molar-refractivity contribution in [2.24, 2.45) is 5.73 Å². The first-order valence-corrected chi connectivity index (χ1v) is 12.3. The second kappa shape index (κ2) is 19.2. The van der Waals surface area contributed by atoms with Crippen LogP contribution in [-0.2, 0) is 15.9 Å².